The molecule has 0 saturated heterocycles. The molecule has 0 saturated carbocycles. The first kappa shape index (κ1) is 17.5. The average molecular weight is 460 g/mol. The molecule has 0 amide bonds. The number of hydrogen-bond donors (Lipinski definition) is 2. The molecule has 0 aliphatic heterocycles. The van der Waals surface area contributed by atoms with Crippen LogP contribution in [0.2, 0.25) is 0 Å². The summed E-state index contributed by atoms with van der Waals surface area (Å²) in [5.41, 5.74) is 0. The molecule has 0 aliphatic carbocycles. The first-order valence-corrected chi connectivity index (χ1v) is 5.66. The van der Waals surface area contributed by atoms with E-state index in [0.717, 1.165) is 32.4 Å². The third-order valence-electron chi connectivity index (χ3n) is 1.39. The van der Waals surface area contributed by atoms with E-state index in [1.165, 1.54) is 0 Å². The van der Waals surface area contributed by atoms with Gasteiger partial charge in [-0.2, -0.15) is 0 Å². The predicted octanol–water partition coefficient (Wildman–Crippen LogP) is 0.619. The van der Waals surface area contributed by atoms with Gasteiger partial charge in [-0.15, -0.1) is 0 Å². The molecule has 2 N–H and O–H groups in total. The Morgan fingerprint density at radius 3 is 1.50 bits per heavy atom. The summed E-state index contributed by atoms with van der Waals surface area (Å²) in [6, 6.07) is 0. The smallest absolute Gasteiger partial charge is 0.412 e. The maximum Gasteiger partial charge on any atom is 2.00 e. The molecule has 0 bridgehead atoms. The van der Waals surface area contributed by atoms with Crippen LogP contribution in [0.4, 0.5) is 0 Å². The van der Waals surface area contributed by atoms with Crippen LogP contribution < -0.4 is 10.6 Å². The van der Waals surface area contributed by atoms with E-state index in [1.807, 2.05) is 0 Å². The summed E-state index contributed by atoms with van der Waals surface area (Å²) in [5.74, 6) is 0. The topological polar surface area (TPSA) is 24.1 Å². The summed E-state index contributed by atoms with van der Waals surface area (Å²) in [5, 5.41) is 5.85. The van der Waals surface area contributed by atoms with Crippen molar-refractivity contribution in [2.45, 2.75) is 19.3 Å². The standard InChI is InChI=1S/C7H14N2S4.Pb/c10-6(11)8-4-2-1-3-5-9-7(12)13;/h1-5H2,(H2,8,10,11)(H2,9,12,13);/q;+2/p-2. The van der Waals surface area contributed by atoms with Crippen LogP contribution in [0.15, 0.2) is 0 Å². The van der Waals surface area contributed by atoms with E-state index >= 15 is 0 Å². The molecule has 0 aromatic heterocycles. The third kappa shape index (κ3) is 15.6. The predicted molar refractivity (Wildman–Crippen MR) is 75.5 cm³/mol. The molecule has 7 heteroatoms. The number of thiocarbonyl (C=S) groups is 2. The van der Waals surface area contributed by atoms with Gasteiger partial charge in [-0.1, -0.05) is 8.64 Å². The zero-order valence-electron chi connectivity index (χ0n) is 7.67. The Bertz CT molecular complexity index is 159. The molecule has 0 atom stereocenters. The second-order valence-corrected chi connectivity index (χ2v) is 4.64. The molecular formula is C7H12N2PbS4. The van der Waals surface area contributed by atoms with Crippen molar-refractivity contribution in [3.63, 3.8) is 0 Å². The molecule has 78 valence electrons. The Kier molecular flexibility index (Phi) is 15.3. The maximum absolute atomic E-state index is 4.69. The zero-order valence-corrected chi connectivity index (χ0v) is 14.8. The van der Waals surface area contributed by atoms with Crippen LogP contribution in [0.3, 0.4) is 0 Å². The van der Waals surface area contributed by atoms with Crippen LogP contribution in [0, 0.1) is 0 Å². The fraction of sp³-hybridized carbons (Fsp3) is 0.714. The minimum absolute atomic E-state index is 0. The summed E-state index contributed by atoms with van der Waals surface area (Å²) < 4.78 is 0.898. The number of rotatable bonds is 6. The second-order valence-electron chi connectivity index (χ2n) is 2.49. The van der Waals surface area contributed by atoms with Crippen LogP contribution in [0.1, 0.15) is 19.3 Å². The van der Waals surface area contributed by atoms with E-state index in [0.29, 0.717) is 8.64 Å². The van der Waals surface area contributed by atoms with Gasteiger partial charge < -0.3 is 60.3 Å². The van der Waals surface area contributed by atoms with E-state index < -0.39 is 0 Å². The fourth-order valence-electron chi connectivity index (χ4n) is 0.808. The molecule has 0 heterocycles. The summed E-state index contributed by atoms with van der Waals surface area (Å²) in [4.78, 5) is 0. The van der Waals surface area contributed by atoms with Gasteiger partial charge >= 0.3 is 27.3 Å². The van der Waals surface area contributed by atoms with Gasteiger partial charge in [0.15, 0.2) is 0 Å². The second kappa shape index (κ2) is 12.2. The zero-order chi connectivity index (χ0) is 10.1. The van der Waals surface area contributed by atoms with Crippen LogP contribution in [-0.2, 0) is 25.3 Å². The summed E-state index contributed by atoms with van der Waals surface area (Å²) >= 11 is 18.8. The summed E-state index contributed by atoms with van der Waals surface area (Å²) in [6.45, 7) is 1.72. The Hall–Kier alpha value is 1.14. The number of hydrogen-bond acceptors (Lipinski definition) is 4. The van der Waals surface area contributed by atoms with E-state index in [1.54, 1.807) is 0 Å². The molecule has 0 aliphatic rings. The van der Waals surface area contributed by atoms with E-state index in [9.17, 15) is 0 Å². The van der Waals surface area contributed by atoms with Gasteiger partial charge in [-0.25, -0.2) is 0 Å². The van der Waals surface area contributed by atoms with Crippen molar-refractivity contribution in [1.82, 2.24) is 10.6 Å². The molecule has 14 heavy (non-hydrogen) atoms. The first-order chi connectivity index (χ1) is 6.13. The molecule has 2 nitrogen and oxygen atoms in total. The van der Waals surface area contributed by atoms with Crippen LogP contribution in [-0.4, -0.2) is 49.0 Å². The van der Waals surface area contributed by atoms with Crippen molar-refractivity contribution >= 4 is 85.6 Å². The number of unbranched alkanes of at least 4 members (excludes halogenated alkanes) is 2. The van der Waals surface area contributed by atoms with Gasteiger partial charge in [0, 0.05) is 13.1 Å². The Morgan fingerprint density at radius 1 is 0.857 bits per heavy atom. The van der Waals surface area contributed by atoms with Crippen LogP contribution in [0.5, 0.6) is 0 Å². The minimum Gasteiger partial charge on any atom is -0.412 e. The molecular weight excluding hydrogens is 448 g/mol. The molecule has 0 rings (SSSR count). The van der Waals surface area contributed by atoms with Crippen molar-refractivity contribution in [3.05, 3.63) is 0 Å². The van der Waals surface area contributed by atoms with Crippen LogP contribution >= 0.6 is 24.4 Å². The fourth-order valence-corrected chi connectivity index (χ4v) is 1.22. The maximum atomic E-state index is 4.69. The Balaban J connectivity index is 0. The van der Waals surface area contributed by atoms with Gasteiger partial charge in [0.25, 0.3) is 0 Å². The van der Waals surface area contributed by atoms with Gasteiger partial charge in [0.05, 0.1) is 0 Å². The monoisotopic (exact) mass is 460 g/mol. The quantitative estimate of drug-likeness (QED) is 0.262. The molecule has 0 aromatic rings. The van der Waals surface area contributed by atoms with Gasteiger partial charge in [-0.05, 0) is 19.3 Å². The molecule has 0 aromatic carbocycles. The third-order valence-corrected chi connectivity index (χ3v) is 1.97. The number of nitrogens with one attached hydrogen (secondary N) is 2. The minimum atomic E-state index is 0. The SMILES string of the molecule is S=C([S-])NCCCCCNC(=S)[S-].[Pb+2]. The molecule has 0 spiro atoms. The van der Waals surface area contributed by atoms with Crippen molar-refractivity contribution in [2.24, 2.45) is 0 Å². The first-order valence-electron chi connectivity index (χ1n) is 4.02. The largest absolute Gasteiger partial charge is 2.00 e. The summed E-state index contributed by atoms with van der Waals surface area (Å²) in [6.07, 6.45) is 3.27. The van der Waals surface area contributed by atoms with Crippen molar-refractivity contribution in [3.8, 4) is 0 Å². The van der Waals surface area contributed by atoms with Gasteiger partial charge in [0.1, 0.15) is 0 Å². The van der Waals surface area contributed by atoms with Crippen LogP contribution in [0.25, 0.3) is 0 Å². The normalized spacial score (nSPS) is 8.57. The Morgan fingerprint density at radius 2 is 1.21 bits per heavy atom. The van der Waals surface area contributed by atoms with Gasteiger partial charge in [-0.3, -0.25) is 0 Å². The van der Waals surface area contributed by atoms with Crippen molar-refractivity contribution in [2.75, 3.05) is 13.1 Å². The average Bonchev–Trinajstić information content (AvgIpc) is 2.01. The van der Waals surface area contributed by atoms with Gasteiger partial charge in [0.2, 0.25) is 0 Å². The van der Waals surface area contributed by atoms with E-state index in [2.05, 4.69) is 10.6 Å². The summed E-state index contributed by atoms with van der Waals surface area (Å²) in [7, 11) is 0. The van der Waals surface area contributed by atoms with E-state index in [4.69, 9.17) is 49.7 Å². The molecule has 2 radical (unpaired) electrons. The molecule has 0 unspecified atom stereocenters. The Labute approximate surface area is 127 Å². The van der Waals surface area contributed by atoms with Crippen molar-refractivity contribution < 1.29 is 0 Å². The molecule has 0 fully saturated rings. The van der Waals surface area contributed by atoms with E-state index in [-0.39, 0.29) is 27.3 Å². The van der Waals surface area contributed by atoms with Crippen molar-refractivity contribution in [1.29, 1.82) is 0 Å².